The maximum absolute atomic E-state index is 9.32. The molecular weight excluding hydrogens is 176 g/mol. The van der Waals surface area contributed by atoms with E-state index in [1.165, 1.54) is 0 Å². The Kier molecular flexibility index (Phi) is 2.64. The highest BCUT2D eigenvalue weighted by molar-refractivity contribution is 5.22. The summed E-state index contributed by atoms with van der Waals surface area (Å²) in [5.41, 5.74) is -1.20. The Balaban J connectivity index is 3.03. The van der Waals surface area contributed by atoms with Crippen LogP contribution < -0.4 is 5.32 Å². The van der Waals surface area contributed by atoms with Crippen molar-refractivity contribution in [2.45, 2.75) is 57.8 Å². The molecule has 1 atom stereocenters. The fourth-order valence-electron chi connectivity index (χ4n) is 2.46. The van der Waals surface area contributed by atoms with E-state index in [0.29, 0.717) is 0 Å². The largest absolute Gasteiger partial charge is 0.367 e. The molecule has 0 spiro atoms. The zero-order chi connectivity index (χ0) is 11.0. The van der Waals surface area contributed by atoms with Gasteiger partial charge in [0.2, 0.25) is 0 Å². The van der Waals surface area contributed by atoms with Crippen molar-refractivity contribution in [2.24, 2.45) is 0 Å². The van der Waals surface area contributed by atoms with Gasteiger partial charge in [-0.3, -0.25) is 5.32 Å². The van der Waals surface area contributed by atoms with E-state index in [1.807, 2.05) is 34.6 Å². The standard InChI is InChI=1S/C11H20N2O/c1-6-13-11(8-12)7-9(2,3)14-10(11,4)5/h13H,6-7H2,1-5H3. The number of likely N-dealkylation sites (N-methyl/N-ethyl adjacent to an activating group) is 1. The van der Waals surface area contributed by atoms with Crippen molar-refractivity contribution in [3.05, 3.63) is 0 Å². The molecule has 1 N–H and O–H groups in total. The van der Waals surface area contributed by atoms with E-state index in [1.54, 1.807) is 0 Å². The zero-order valence-corrected chi connectivity index (χ0v) is 9.77. The first kappa shape index (κ1) is 11.5. The highest BCUT2D eigenvalue weighted by atomic mass is 16.5. The average molecular weight is 196 g/mol. The van der Waals surface area contributed by atoms with Gasteiger partial charge in [0, 0.05) is 6.42 Å². The van der Waals surface area contributed by atoms with E-state index < -0.39 is 11.1 Å². The topological polar surface area (TPSA) is 45.0 Å². The predicted molar refractivity (Wildman–Crippen MR) is 55.9 cm³/mol. The van der Waals surface area contributed by atoms with Gasteiger partial charge in [-0.1, -0.05) is 6.92 Å². The minimum atomic E-state index is -0.550. The zero-order valence-electron chi connectivity index (χ0n) is 9.77. The maximum Gasteiger partial charge on any atom is 0.138 e. The fraction of sp³-hybridized carbons (Fsp3) is 0.909. The van der Waals surface area contributed by atoms with E-state index in [2.05, 4.69) is 11.4 Å². The summed E-state index contributed by atoms with van der Waals surface area (Å²) in [4.78, 5) is 0. The molecule has 0 aromatic carbocycles. The van der Waals surface area contributed by atoms with Gasteiger partial charge in [-0.2, -0.15) is 5.26 Å². The van der Waals surface area contributed by atoms with Crippen LogP contribution in [0.5, 0.6) is 0 Å². The minimum absolute atomic E-state index is 0.221. The number of rotatable bonds is 2. The molecule has 1 rings (SSSR count). The molecule has 3 heteroatoms. The third kappa shape index (κ3) is 1.65. The summed E-state index contributed by atoms with van der Waals surface area (Å²) in [6, 6.07) is 2.39. The van der Waals surface area contributed by atoms with Crippen LogP contribution in [-0.2, 0) is 4.74 Å². The molecule has 1 heterocycles. The van der Waals surface area contributed by atoms with Gasteiger partial charge in [-0.25, -0.2) is 0 Å². The van der Waals surface area contributed by atoms with Crippen molar-refractivity contribution < 1.29 is 4.74 Å². The maximum atomic E-state index is 9.32. The molecule has 1 saturated heterocycles. The Morgan fingerprint density at radius 3 is 2.21 bits per heavy atom. The summed E-state index contributed by atoms with van der Waals surface area (Å²) in [6.07, 6.45) is 0.733. The third-order valence-corrected chi connectivity index (χ3v) is 2.92. The second-order valence-corrected chi connectivity index (χ2v) is 5.10. The van der Waals surface area contributed by atoms with Crippen LogP contribution in [0.25, 0.3) is 0 Å². The van der Waals surface area contributed by atoms with Gasteiger partial charge in [0.05, 0.1) is 17.3 Å². The van der Waals surface area contributed by atoms with Gasteiger partial charge in [-0.05, 0) is 34.2 Å². The van der Waals surface area contributed by atoms with Crippen LogP contribution in [0.1, 0.15) is 41.0 Å². The molecule has 1 aliphatic rings. The predicted octanol–water partition coefficient (Wildman–Crippen LogP) is 1.84. The lowest BCUT2D eigenvalue weighted by atomic mass is 9.80. The summed E-state index contributed by atoms with van der Waals surface area (Å²) in [7, 11) is 0. The lowest BCUT2D eigenvalue weighted by Crippen LogP contribution is -2.56. The van der Waals surface area contributed by atoms with Crippen molar-refractivity contribution in [2.75, 3.05) is 6.54 Å². The normalized spacial score (nSPS) is 34.0. The molecule has 1 fully saturated rings. The van der Waals surface area contributed by atoms with E-state index in [9.17, 15) is 5.26 Å². The molecule has 0 amide bonds. The lowest BCUT2D eigenvalue weighted by Gasteiger charge is -2.34. The van der Waals surface area contributed by atoms with E-state index in [-0.39, 0.29) is 5.60 Å². The van der Waals surface area contributed by atoms with Crippen molar-refractivity contribution in [3.63, 3.8) is 0 Å². The number of hydrogen-bond acceptors (Lipinski definition) is 3. The number of nitrogens with one attached hydrogen (secondary N) is 1. The van der Waals surface area contributed by atoms with E-state index in [0.717, 1.165) is 13.0 Å². The van der Waals surface area contributed by atoms with E-state index >= 15 is 0 Å². The van der Waals surface area contributed by atoms with Crippen LogP contribution in [0.2, 0.25) is 0 Å². The first-order chi connectivity index (χ1) is 6.29. The summed E-state index contributed by atoms with van der Waals surface area (Å²) >= 11 is 0. The van der Waals surface area contributed by atoms with Gasteiger partial charge >= 0.3 is 0 Å². The van der Waals surface area contributed by atoms with Crippen LogP contribution in [0, 0.1) is 11.3 Å². The monoisotopic (exact) mass is 196 g/mol. The van der Waals surface area contributed by atoms with Gasteiger partial charge in [0.1, 0.15) is 5.54 Å². The highest BCUT2D eigenvalue weighted by Gasteiger charge is 2.57. The molecule has 80 valence electrons. The van der Waals surface area contributed by atoms with Crippen LogP contribution in [-0.4, -0.2) is 23.3 Å². The Bertz CT molecular complexity index is 265. The van der Waals surface area contributed by atoms with Crippen LogP contribution >= 0.6 is 0 Å². The molecule has 3 nitrogen and oxygen atoms in total. The quantitative estimate of drug-likeness (QED) is 0.733. The minimum Gasteiger partial charge on any atom is -0.367 e. The molecule has 0 bridgehead atoms. The number of nitriles is 1. The summed E-state index contributed by atoms with van der Waals surface area (Å²) in [5.74, 6) is 0. The molecule has 14 heavy (non-hydrogen) atoms. The summed E-state index contributed by atoms with van der Waals surface area (Å²) in [5, 5.41) is 12.6. The lowest BCUT2D eigenvalue weighted by molar-refractivity contribution is -0.0764. The van der Waals surface area contributed by atoms with Crippen molar-refractivity contribution in [1.82, 2.24) is 5.32 Å². The van der Waals surface area contributed by atoms with Crippen LogP contribution in [0.4, 0.5) is 0 Å². The second kappa shape index (κ2) is 3.22. The Labute approximate surface area is 86.4 Å². The number of nitrogens with zero attached hydrogens (tertiary/aromatic N) is 1. The van der Waals surface area contributed by atoms with E-state index in [4.69, 9.17) is 4.74 Å². The highest BCUT2D eigenvalue weighted by Crippen LogP contribution is 2.44. The van der Waals surface area contributed by atoms with Crippen LogP contribution in [0.15, 0.2) is 0 Å². The van der Waals surface area contributed by atoms with Crippen molar-refractivity contribution in [3.8, 4) is 6.07 Å². The number of hydrogen-bond donors (Lipinski definition) is 1. The molecule has 0 saturated carbocycles. The first-order valence-corrected chi connectivity index (χ1v) is 5.15. The average Bonchev–Trinajstić information content (AvgIpc) is 2.17. The first-order valence-electron chi connectivity index (χ1n) is 5.15. The molecular formula is C11H20N2O. The Morgan fingerprint density at radius 1 is 1.36 bits per heavy atom. The molecule has 0 aromatic rings. The van der Waals surface area contributed by atoms with Crippen molar-refractivity contribution in [1.29, 1.82) is 5.26 Å². The SMILES string of the molecule is CCNC1(C#N)CC(C)(C)OC1(C)C. The molecule has 1 unspecified atom stereocenters. The van der Waals surface area contributed by atoms with Crippen LogP contribution in [0.3, 0.4) is 0 Å². The Morgan fingerprint density at radius 2 is 1.93 bits per heavy atom. The smallest absolute Gasteiger partial charge is 0.138 e. The van der Waals surface area contributed by atoms with Gasteiger partial charge < -0.3 is 4.74 Å². The second-order valence-electron chi connectivity index (χ2n) is 5.10. The molecule has 0 aliphatic carbocycles. The third-order valence-electron chi connectivity index (χ3n) is 2.92. The van der Waals surface area contributed by atoms with Gasteiger partial charge in [0.15, 0.2) is 0 Å². The molecule has 0 aromatic heterocycles. The summed E-state index contributed by atoms with van der Waals surface area (Å²) < 4.78 is 5.91. The molecule has 0 radical (unpaired) electrons. The molecule has 1 aliphatic heterocycles. The fourth-order valence-corrected chi connectivity index (χ4v) is 2.46. The summed E-state index contributed by atoms with van der Waals surface area (Å²) in [6.45, 7) is 10.8. The van der Waals surface area contributed by atoms with Gasteiger partial charge in [0.25, 0.3) is 0 Å². The van der Waals surface area contributed by atoms with Gasteiger partial charge in [-0.15, -0.1) is 0 Å². The van der Waals surface area contributed by atoms with Crippen molar-refractivity contribution >= 4 is 0 Å². The number of ether oxygens (including phenoxy) is 1. The Hall–Kier alpha value is -0.590.